The Kier molecular flexibility index (Phi) is 4.35. The highest BCUT2D eigenvalue weighted by Crippen LogP contribution is 2.29. The van der Waals surface area contributed by atoms with Crippen LogP contribution in [-0.2, 0) is 14.8 Å². The molecule has 3 rings (SSSR count). The smallest absolute Gasteiger partial charge is 0.242 e. The van der Waals surface area contributed by atoms with Crippen molar-refractivity contribution in [2.75, 3.05) is 37.7 Å². The molecule has 8 heteroatoms. The Hall–Kier alpha value is -0.890. The monoisotopic (exact) mass is 331 g/mol. The van der Waals surface area contributed by atoms with Gasteiger partial charge < -0.3 is 9.64 Å². The molecule has 2 heterocycles. The van der Waals surface area contributed by atoms with E-state index in [9.17, 15) is 8.42 Å². The predicted octanol–water partition coefficient (Wildman–Crippen LogP) is 1.26. The number of morpholine rings is 1. The van der Waals surface area contributed by atoms with Crippen molar-refractivity contribution in [2.45, 2.75) is 17.7 Å². The zero-order valence-corrected chi connectivity index (χ0v) is 13.2. The number of anilines is 1. The molecule has 0 bridgehead atoms. The highest BCUT2D eigenvalue weighted by molar-refractivity contribution is 7.89. The summed E-state index contributed by atoms with van der Waals surface area (Å²) in [5, 5.41) is 0.353. The lowest BCUT2D eigenvalue weighted by molar-refractivity contribution is 0.122. The molecule has 116 valence electrons. The zero-order chi connectivity index (χ0) is 14.9. The minimum absolute atomic E-state index is 0.116. The van der Waals surface area contributed by atoms with Crippen LogP contribution in [0.25, 0.3) is 0 Å². The number of hydrogen-bond donors (Lipinski definition) is 1. The Morgan fingerprint density at radius 2 is 2.10 bits per heavy atom. The standard InChI is InChI=1S/C13H18ClN3O3S/c14-12-7-11(21(18,19)16-8-10-1-2-10)9-15-13(12)17-3-5-20-6-4-17/h7,9-10,16H,1-6,8H2. The van der Waals surface area contributed by atoms with Gasteiger partial charge in [-0.2, -0.15) is 0 Å². The minimum atomic E-state index is -3.53. The van der Waals surface area contributed by atoms with E-state index in [-0.39, 0.29) is 4.90 Å². The Morgan fingerprint density at radius 3 is 2.71 bits per heavy atom. The van der Waals surface area contributed by atoms with Gasteiger partial charge in [0.25, 0.3) is 0 Å². The van der Waals surface area contributed by atoms with E-state index in [2.05, 4.69) is 9.71 Å². The quantitative estimate of drug-likeness (QED) is 0.879. The Labute approximate surface area is 129 Å². The molecule has 1 aromatic rings. The number of aromatic nitrogens is 1. The third-order valence-corrected chi connectivity index (χ3v) is 5.35. The minimum Gasteiger partial charge on any atom is -0.378 e. The fourth-order valence-electron chi connectivity index (χ4n) is 2.20. The number of sulfonamides is 1. The maximum Gasteiger partial charge on any atom is 0.242 e. The molecule has 2 fully saturated rings. The lowest BCUT2D eigenvalue weighted by Crippen LogP contribution is -2.37. The molecule has 21 heavy (non-hydrogen) atoms. The summed E-state index contributed by atoms with van der Waals surface area (Å²) in [7, 11) is -3.53. The van der Waals surface area contributed by atoms with E-state index in [1.807, 2.05) is 4.90 Å². The van der Waals surface area contributed by atoms with Crippen LogP contribution in [0, 0.1) is 5.92 Å². The topological polar surface area (TPSA) is 71.5 Å². The molecule has 6 nitrogen and oxygen atoms in total. The molecule has 0 radical (unpaired) electrons. The second-order valence-corrected chi connectivity index (χ2v) is 7.55. The summed E-state index contributed by atoms with van der Waals surface area (Å²) >= 11 is 6.21. The summed E-state index contributed by atoms with van der Waals surface area (Å²) in [6, 6.07) is 1.47. The molecule has 0 atom stereocenters. The highest BCUT2D eigenvalue weighted by atomic mass is 35.5. The van der Waals surface area contributed by atoms with Crippen LogP contribution < -0.4 is 9.62 Å². The van der Waals surface area contributed by atoms with Crippen LogP contribution in [0.15, 0.2) is 17.2 Å². The number of pyridine rings is 1. The molecular formula is C13H18ClN3O3S. The lowest BCUT2D eigenvalue weighted by atomic mass is 10.3. The second kappa shape index (κ2) is 6.08. The third kappa shape index (κ3) is 3.66. The number of rotatable bonds is 5. The van der Waals surface area contributed by atoms with Crippen molar-refractivity contribution in [3.63, 3.8) is 0 Å². The van der Waals surface area contributed by atoms with Gasteiger partial charge in [0, 0.05) is 25.8 Å². The molecule has 1 saturated carbocycles. The van der Waals surface area contributed by atoms with Crippen LogP contribution in [-0.4, -0.2) is 46.2 Å². The van der Waals surface area contributed by atoms with Crippen molar-refractivity contribution in [2.24, 2.45) is 5.92 Å². The first-order valence-corrected chi connectivity index (χ1v) is 8.90. The molecule has 1 aliphatic carbocycles. The third-order valence-electron chi connectivity index (χ3n) is 3.68. The van der Waals surface area contributed by atoms with E-state index in [1.54, 1.807) is 0 Å². The summed E-state index contributed by atoms with van der Waals surface area (Å²) < 4.78 is 32.2. The lowest BCUT2D eigenvalue weighted by Gasteiger charge is -2.28. The fraction of sp³-hybridized carbons (Fsp3) is 0.615. The maximum atomic E-state index is 12.2. The van der Waals surface area contributed by atoms with Gasteiger partial charge in [-0.05, 0) is 24.8 Å². The normalized spacial score (nSPS) is 19.8. The van der Waals surface area contributed by atoms with Gasteiger partial charge >= 0.3 is 0 Å². The van der Waals surface area contributed by atoms with Gasteiger partial charge in [-0.3, -0.25) is 0 Å². The van der Waals surface area contributed by atoms with E-state index in [4.69, 9.17) is 16.3 Å². The van der Waals surface area contributed by atoms with Gasteiger partial charge in [0.1, 0.15) is 10.7 Å². The molecule has 0 unspecified atom stereocenters. The zero-order valence-electron chi connectivity index (χ0n) is 11.6. The van der Waals surface area contributed by atoms with Gasteiger partial charge in [-0.25, -0.2) is 18.1 Å². The molecule has 0 spiro atoms. The fourth-order valence-corrected chi connectivity index (χ4v) is 3.64. The summed E-state index contributed by atoms with van der Waals surface area (Å²) in [4.78, 5) is 6.35. The molecule has 1 aliphatic heterocycles. The average molecular weight is 332 g/mol. The van der Waals surface area contributed by atoms with Crippen LogP contribution in [0.2, 0.25) is 5.02 Å². The molecule has 1 saturated heterocycles. The second-order valence-electron chi connectivity index (χ2n) is 5.37. The van der Waals surface area contributed by atoms with Crippen LogP contribution in [0.1, 0.15) is 12.8 Å². The van der Waals surface area contributed by atoms with Crippen LogP contribution in [0.4, 0.5) is 5.82 Å². The first-order valence-electron chi connectivity index (χ1n) is 7.04. The Morgan fingerprint density at radius 1 is 1.38 bits per heavy atom. The number of hydrogen-bond acceptors (Lipinski definition) is 5. The molecule has 0 aromatic carbocycles. The number of nitrogens with one attached hydrogen (secondary N) is 1. The predicted molar refractivity (Wildman–Crippen MR) is 80.2 cm³/mol. The maximum absolute atomic E-state index is 12.2. The van der Waals surface area contributed by atoms with Crippen molar-refractivity contribution < 1.29 is 13.2 Å². The van der Waals surface area contributed by atoms with E-state index >= 15 is 0 Å². The molecule has 1 N–H and O–H groups in total. The summed E-state index contributed by atoms with van der Waals surface area (Å²) in [5.74, 6) is 1.09. The van der Waals surface area contributed by atoms with Crippen LogP contribution >= 0.6 is 11.6 Å². The first kappa shape index (κ1) is 15.0. The van der Waals surface area contributed by atoms with Gasteiger partial charge in [0.2, 0.25) is 10.0 Å². The van der Waals surface area contributed by atoms with Gasteiger partial charge in [-0.15, -0.1) is 0 Å². The summed E-state index contributed by atoms with van der Waals surface area (Å²) in [5.41, 5.74) is 0. The van der Waals surface area contributed by atoms with E-state index < -0.39 is 10.0 Å². The molecule has 1 aromatic heterocycles. The Bertz CT molecular complexity index is 613. The van der Waals surface area contributed by atoms with Crippen molar-refractivity contribution >= 4 is 27.4 Å². The molecule has 0 amide bonds. The summed E-state index contributed by atoms with van der Waals surface area (Å²) in [6.07, 6.45) is 3.56. The number of halogens is 1. The van der Waals surface area contributed by atoms with Crippen LogP contribution in [0.5, 0.6) is 0 Å². The number of nitrogens with zero attached hydrogens (tertiary/aromatic N) is 2. The van der Waals surface area contributed by atoms with Gasteiger partial charge in [0.15, 0.2) is 0 Å². The number of ether oxygens (including phenoxy) is 1. The molecular weight excluding hydrogens is 314 g/mol. The van der Waals surface area contributed by atoms with E-state index in [0.717, 1.165) is 12.8 Å². The van der Waals surface area contributed by atoms with Crippen molar-refractivity contribution in [1.82, 2.24) is 9.71 Å². The van der Waals surface area contributed by atoms with E-state index in [1.165, 1.54) is 12.3 Å². The SMILES string of the molecule is O=S(=O)(NCC1CC1)c1cnc(N2CCOCC2)c(Cl)c1. The van der Waals surface area contributed by atoms with Crippen LogP contribution in [0.3, 0.4) is 0 Å². The van der Waals surface area contributed by atoms with Gasteiger partial charge in [0.05, 0.1) is 18.2 Å². The van der Waals surface area contributed by atoms with Crippen molar-refractivity contribution in [3.8, 4) is 0 Å². The Balaban J connectivity index is 1.76. The average Bonchev–Trinajstić information content (AvgIpc) is 3.30. The van der Waals surface area contributed by atoms with Gasteiger partial charge in [-0.1, -0.05) is 11.6 Å². The van der Waals surface area contributed by atoms with Crippen molar-refractivity contribution in [3.05, 3.63) is 17.3 Å². The summed E-state index contributed by atoms with van der Waals surface area (Å²) in [6.45, 7) is 3.16. The highest BCUT2D eigenvalue weighted by Gasteiger charge is 2.25. The molecule has 2 aliphatic rings. The first-order chi connectivity index (χ1) is 10.1. The van der Waals surface area contributed by atoms with E-state index in [0.29, 0.717) is 49.6 Å². The van der Waals surface area contributed by atoms with Crippen molar-refractivity contribution in [1.29, 1.82) is 0 Å². The largest absolute Gasteiger partial charge is 0.378 e.